The summed E-state index contributed by atoms with van der Waals surface area (Å²) < 4.78 is 9.04. The second kappa shape index (κ2) is 10.3. The lowest BCUT2D eigenvalue weighted by atomic mass is 10.0. The van der Waals surface area contributed by atoms with Gasteiger partial charge in [0.15, 0.2) is 5.76 Å². The van der Waals surface area contributed by atoms with Gasteiger partial charge in [-0.2, -0.15) is 0 Å². The molecule has 0 saturated carbocycles. The van der Waals surface area contributed by atoms with Gasteiger partial charge in [-0.3, -0.25) is 0 Å². The fraction of sp³-hybridized carbons (Fsp3) is 0. The van der Waals surface area contributed by atoms with E-state index in [0.29, 0.717) is 5.89 Å². The number of hydrogen-bond acceptors (Lipinski definition) is 4. The molecule has 7 aromatic carbocycles. The van der Waals surface area contributed by atoms with Crippen molar-refractivity contribution in [1.29, 1.82) is 0 Å². The molecule has 9 aromatic rings. The third-order valence-electron chi connectivity index (χ3n) is 9.22. The number of aromatic nitrogens is 1. The van der Waals surface area contributed by atoms with Gasteiger partial charge in [0.25, 0.3) is 0 Å². The molecule has 3 nitrogen and oxygen atoms in total. The average Bonchev–Trinajstić information content (AvgIpc) is 3.82. The fourth-order valence-electron chi connectivity index (χ4n) is 7.04. The third kappa shape index (κ3) is 4.16. The van der Waals surface area contributed by atoms with E-state index in [4.69, 9.17) is 9.40 Å². The molecule has 0 bridgehead atoms. The lowest BCUT2D eigenvalue weighted by molar-refractivity contribution is 0.590. The number of nitrogens with zero attached hydrogens (tertiary/aromatic N) is 2. The molecular formula is C43H26N2OS. The van der Waals surface area contributed by atoms with Crippen LogP contribution in [0.1, 0.15) is 0 Å². The highest BCUT2D eigenvalue weighted by molar-refractivity contribution is 7.25. The summed E-state index contributed by atoms with van der Waals surface area (Å²) in [4.78, 5) is 7.45. The maximum atomic E-state index is 6.46. The first-order valence-electron chi connectivity index (χ1n) is 15.8. The van der Waals surface area contributed by atoms with Gasteiger partial charge in [-0.05, 0) is 71.1 Å². The Labute approximate surface area is 275 Å². The minimum absolute atomic E-state index is 0.646. The fourth-order valence-corrected chi connectivity index (χ4v) is 8.18. The summed E-state index contributed by atoms with van der Waals surface area (Å²) in [5, 5.41) is 4.95. The highest BCUT2D eigenvalue weighted by atomic mass is 32.1. The standard InChI is InChI=1S/C43H26N2OS/c1-3-10-27(11-4-1)28-18-20-31(21-19-28)45(32-22-23-35-34-15-7-8-17-38(34)47-39(35)26-32)33-24-30-14-9-16-36-40(30)37(25-33)41-42(36)46-43(44-41)29-12-5-2-6-13-29/h1-26H. The molecule has 0 saturated heterocycles. The number of benzene rings is 7. The minimum atomic E-state index is 0.646. The maximum Gasteiger partial charge on any atom is 0.227 e. The first kappa shape index (κ1) is 26.3. The lowest BCUT2D eigenvalue weighted by Crippen LogP contribution is -2.10. The van der Waals surface area contributed by atoms with Gasteiger partial charge in [-0.1, -0.05) is 103 Å². The van der Waals surface area contributed by atoms with E-state index < -0.39 is 0 Å². The summed E-state index contributed by atoms with van der Waals surface area (Å²) in [5.41, 5.74) is 9.75. The normalized spacial score (nSPS) is 11.8. The van der Waals surface area contributed by atoms with Gasteiger partial charge in [-0.15, -0.1) is 11.3 Å². The summed E-state index contributed by atoms with van der Waals surface area (Å²) in [6, 6.07) is 56.2. The zero-order valence-electron chi connectivity index (χ0n) is 25.2. The van der Waals surface area contributed by atoms with Crippen LogP contribution in [-0.4, -0.2) is 4.98 Å². The van der Waals surface area contributed by atoms with Crippen LogP contribution >= 0.6 is 11.3 Å². The van der Waals surface area contributed by atoms with E-state index in [-0.39, 0.29) is 0 Å². The van der Waals surface area contributed by atoms with Crippen molar-refractivity contribution in [2.24, 2.45) is 0 Å². The van der Waals surface area contributed by atoms with E-state index in [0.717, 1.165) is 45.2 Å². The Balaban J connectivity index is 1.17. The van der Waals surface area contributed by atoms with Crippen LogP contribution in [0.25, 0.3) is 76.1 Å². The van der Waals surface area contributed by atoms with Crippen molar-refractivity contribution in [3.8, 4) is 45.2 Å². The smallest absolute Gasteiger partial charge is 0.227 e. The SMILES string of the molecule is c1ccc(-c2ccc(N(c3cc4c5c(cccc5c3)-c3oc(-c5ccccc5)nc3-4)c3ccc4c(c3)sc3ccccc34)cc2)cc1. The number of oxazole rings is 1. The summed E-state index contributed by atoms with van der Waals surface area (Å²) in [6.45, 7) is 0. The molecule has 0 radical (unpaired) electrons. The molecule has 0 unspecified atom stereocenters. The summed E-state index contributed by atoms with van der Waals surface area (Å²) in [5.74, 6) is 1.49. The minimum Gasteiger partial charge on any atom is -0.435 e. The molecule has 1 aliphatic carbocycles. The van der Waals surface area contributed by atoms with E-state index >= 15 is 0 Å². The molecule has 0 N–H and O–H groups in total. The van der Waals surface area contributed by atoms with Crippen LogP contribution in [0.4, 0.5) is 17.1 Å². The molecule has 0 fully saturated rings. The number of anilines is 3. The molecule has 0 aliphatic heterocycles. The lowest BCUT2D eigenvalue weighted by Gasteiger charge is -2.26. The molecule has 220 valence electrons. The van der Waals surface area contributed by atoms with Crippen LogP contribution in [-0.2, 0) is 0 Å². The Morgan fingerprint density at radius 1 is 0.489 bits per heavy atom. The van der Waals surface area contributed by atoms with Gasteiger partial charge in [-0.25, -0.2) is 4.98 Å². The average molecular weight is 619 g/mol. The number of hydrogen-bond donors (Lipinski definition) is 0. The predicted molar refractivity (Wildman–Crippen MR) is 197 cm³/mol. The summed E-state index contributed by atoms with van der Waals surface area (Å²) in [7, 11) is 0. The quantitative estimate of drug-likeness (QED) is 0.192. The number of rotatable bonds is 5. The summed E-state index contributed by atoms with van der Waals surface area (Å²) in [6.07, 6.45) is 0. The molecule has 2 aromatic heterocycles. The molecule has 0 amide bonds. The van der Waals surface area contributed by atoms with Crippen LogP contribution in [0.3, 0.4) is 0 Å². The van der Waals surface area contributed by atoms with Gasteiger partial charge in [0.05, 0.1) is 0 Å². The maximum absolute atomic E-state index is 6.46. The first-order chi connectivity index (χ1) is 23.3. The molecule has 10 rings (SSSR count). The largest absolute Gasteiger partial charge is 0.435 e. The van der Waals surface area contributed by atoms with E-state index in [1.807, 2.05) is 41.7 Å². The number of fused-ring (bicyclic) bond motifs is 6. The monoisotopic (exact) mass is 618 g/mol. The van der Waals surface area contributed by atoms with Crippen LogP contribution in [0.15, 0.2) is 162 Å². The second-order valence-electron chi connectivity index (χ2n) is 12.0. The zero-order chi connectivity index (χ0) is 30.9. The topological polar surface area (TPSA) is 29.3 Å². The predicted octanol–water partition coefficient (Wildman–Crippen LogP) is 12.6. The highest BCUT2D eigenvalue weighted by Gasteiger charge is 2.29. The number of thiophene rings is 1. The van der Waals surface area contributed by atoms with Crippen molar-refractivity contribution in [3.05, 3.63) is 158 Å². The van der Waals surface area contributed by atoms with E-state index in [9.17, 15) is 0 Å². The van der Waals surface area contributed by atoms with Crippen molar-refractivity contribution >= 4 is 59.3 Å². The molecule has 4 heteroatoms. The molecule has 1 aliphatic rings. The Morgan fingerprint density at radius 2 is 1.19 bits per heavy atom. The second-order valence-corrected chi connectivity index (χ2v) is 13.1. The zero-order valence-corrected chi connectivity index (χ0v) is 26.0. The molecule has 0 atom stereocenters. The molecule has 2 heterocycles. The van der Waals surface area contributed by atoms with Gasteiger partial charge >= 0.3 is 0 Å². The van der Waals surface area contributed by atoms with Crippen molar-refractivity contribution in [3.63, 3.8) is 0 Å². The van der Waals surface area contributed by atoms with Crippen LogP contribution in [0, 0.1) is 0 Å². The van der Waals surface area contributed by atoms with Gasteiger partial charge in [0, 0.05) is 59.3 Å². The molecule has 0 spiro atoms. The first-order valence-corrected chi connectivity index (χ1v) is 16.6. The van der Waals surface area contributed by atoms with Crippen LogP contribution in [0.2, 0.25) is 0 Å². The summed E-state index contributed by atoms with van der Waals surface area (Å²) >= 11 is 1.84. The van der Waals surface area contributed by atoms with Crippen molar-refractivity contribution in [1.82, 2.24) is 4.98 Å². The van der Waals surface area contributed by atoms with E-state index in [1.54, 1.807) is 0 Å². The van der Waals surface area contributed by atoms with Crippen LogP contribution < -0.4 is 4.90 Å². The van der Waals surface area contributed by atoms with Crippen molar-refractivity contribution < 1.29 is 4.42 Å². The third-order valence-corrected chi connectivity index (χ3v) is 10.4. The van der Waals surface area contributed by atoms with Crippen molar-refractivity contribution in [2.45, 2.75) is 0 Å². The van der Waals surface area contributed by atoms with E-state index in [1.165, 1.54) is 42.1 Å². The van der Waals surface area contributed by atoms with Gasteiger partial charge in [0.2, 0.25) is 5.89 Å². The van der Waals surface area contributed by atoms with E-state index in [2.05, 4.69) is 132 Å². The Kier molecular flexibility index (Phi) is 5.74. The Morgan fingerprint density at radius 3 is 2.02 bits per heavy atom. The Hall–Kier alpha value is -5.97. The van der Waals surface area contributed by atoms with Crippen LogP contribution in [0.5, 0.6) is 0 Å². The Bertz CT molecular complexity index is 2620. The molecular weight excluding hydrogens is 593 g/mol. The van der Waals surface area contributed by atoms with Gasteiger partial charge < -0.3 is 9.32 Å². The molecule has 47 heavy (non-hydrogen) atoms. The highest BCUT2D eigenvalue weighted by Crippen LogP contribution is 2.51. The van der Waals surface area contributed by atoms with Gasteiger partial charge in [0.1, 0.15) is 5.69 Å². The van der Waals surface area contributed by atoms with Crippen molar-refractivity contribution in [2.75, 3.05) is 4.90 Å².